The minimum absolute atomic E-state index is 0.0138. The van der Waals surface area contributed by atoms with Crippen LogP contribution < -0.4 is 14.9 Å². The second-order valence-electron chi connectivity index (χ2n) is 8.10. The third-order valence-corrected chi connectivity index (χ3v) is 5.79. The Labute approximate surface area is 182 Å². The minimum Gasteiger partial charge on any atom is -0.468 e. The van der Waals surface area contributed by atoms with Crippen molar-refractivity contribution < 1.29 is 27.5 Å². The Bertz CT molecular complexity index is 1060. The van der Waals surface area contributed by atoms with Crippen molar-refractivity contribution in [2.24, 2.45) is 0 Å². The molecule has 2 aromatic rings. The highest BCUT2D eigenvalue weighted by Gasteiger charge is 2.29. The number of fused-ring (bicyclic) bond motifs is 1. The molecule has 1 unspecified atom stereocenters. The third kappa shape index (κ3) is 6.31. The minimum atomic E-state index is -4.13. The highest BCUT2D eigenvalue weighted by Crippen LogP contribution is 2.30. The first-order chi connectivity index (χ1) is 14.4. The Morgan fingerprint density at radius 2 is 1.68 bits per heavy atom. The zero-order chi connectivity index (χ0) is 23.4. The van der Waals surface area contributed by atoms with Gasteiger partial charge < -0.3 is 19.7 Å². The fraction of sp³-hybridized carbons (Fsp3) is 0.429. The molecule has 0 saturated carbocycles. The number of amides is 1. The van der Waals surface area contributed by atoms with Crippen LogP contribution in [0.25, 0.3) is 10.8 Å². The summed E-state index contributed by atoms with van der Waals surface area (Å²) in [7, 11) is 0.739. The van der Waals surface area contributed by atoms with Crippen molar-refractivity contribution in [3.63, 3.8) is 0 Å². The Hall–Kier alpha value is -2.85. The van der Waals surface area contributed by atoms with Crippen LogP contribution in [0.2, 0.25) is 0 Å². The van der Waals surface area contributed by atoms with Crippen molar-refractivity contribution >= 4 is 38.5 Å². The van der Waals surface area contributed by atoms with E-state index in [-0.39, 0.29) is 11.4 Å². The monoisotopic (exact) mass is 451 g/mol. The van der Waals surface area contributed by atoms with Crippen molar-refractivity contribution in [1.82, 2.24) is 10.0 Å². The molecule has 1 amide bonds. The summed E-state index contributed by atoms with van der Waals surface area (Å²) >= 11 is 0. The van der Waals surface area contributed by atoms with E-state index >= 15 is 0 Å². The highest BCUT2D eigenvalue weighted by atomic mass is 32.2. The van der Waals surface area contributed by atoms with E-state index in [1.807, 2.05) is 31.1 Å². The lowest BCUT2D eigenvalue weighted by Gasteiger charge is -2.22. The summed E-state index contributed by atoms with van der Waals surface area (Å²) in [5.41, 5.74) is 0.114. The first kappa shape index (κ1) is 24.4. The van der Waals surface area contributed by atoms with Crippen LogP contribution in [0.4, 0.5) is 10.5 Å². The number of carbonyl (C=O) groups is 2. The Morgan fingerprint density at radius 3 is 2.26 bits per heavy atom. The molecule has 0 radical (unpaired) electrons. The molecule has 10 heteroatoms. The Balaban J connectivity index is 2.34. The highest BCUT2D eigenvalue weighted by molar-refractivity contribution is 7.89. The Kier molecular flexibility index (Phi) is 7.50. The molecule has 0 heterocycles. The number of ether oxygens (including phenoxy) is 2. The average molecular weight is 452 g/mol. The molecule has 0 aliphatic heterocycles. The molecule has 0 aliphatic carbocycles. The van der Waals surface area contributed by atoms with Crippen LogP contribution in [0.3, 0.4) is 0 Å². The lowest BCUT2D eigenvalue weighted by molar-refractivity contribution is -0.142. The normalized spacial score (nSPS) is 12.8. The predicted molar refractivity (Wildman–Crippen MR) is 119 cm³/mol. The van der Waals surface area contributed by atoms with Crippen LogP contribution in [0.15, 0.2) is 41.3 Å². The number of benzene rings is 2. The van der Waals surface area contributed by atoms with Gasteiger partial charge in [0.15, 0.2) is 0 Å². The first-order valence-electron chi connectivity index (χ1n) is 9.62. The van der Waals surface area contributed by atoms with Gasteiger partial charge >= 0.3 is 12.1 Å². The van der Waals surface area contributed by atoms with E-state index in [4.69, 9.17) is 9.47 Å². The van der Waals surface area contributed by atoms with Crippen LogP contribution >= 0.6 is 0 Å². The van der Waals surface area contributed by atoms with Gasteiger partial charge in [-0.05, 0) is 32.9 Å². The van der Waals surface area contributed by atoms with E-state index in [1.54, 1.807) is 39.0 Å². The SMILES string of the molecule is COC(=O)C(CNC(=O)OC(C)(C)C)NS(=O)(=O)c1cccc2c(N(C)C)cccc12. The molecule has 0 aromatic heterocycles. The molecule has 0 spiro atoms. The molecule has 0 bridgehead atoms. The molecule has 2 rings (SSSR count). The van der Waals surface area contributed by atoms with E-state index in [9.17, 15) is 18.0 Å². The van der Waals surface area contributed by atoms with Crippen molar-refractivity contribution in [3.8, 4) is 0 Å². The van der Waals surface area contributed by atoms with Gasteiger partial charge in [-0.15, -0.1) is 0 Å². The van der Waals surface area contributed by atoms with Crippen molar-refractivity contribution in [1.29, 1.82) is 0 Å². The molecule has 31 heavy (non-hydrogen) atoms. The van der Waals surface area contributed by atoms with Gasteiger partial charge in [-0.25, -0.2) is 13.2 Å². The number of carbonyl (C=O) groups excluding carboxylic acids is 2. The molecule has 0 fully saturated rings. The molecular formula is C21H29N3O6S. The number of rotatable bonds is 7. The molecule has 9 nitrogen and oxygen atoms in total. The van der Waals surface area contributed by atoms with Gasteiger partial charge in [-0.3, -0.25) is 4.79 Å². The van der Waals surface area contributed by atoms with E-state index in [0.29, 0.717) is 5.39 Å². The van der Waals surface area contributed by atoms with Crippen LogP contribution in [-0.2, 0) is 24.3 Å². The molecule has 1 atom stereocenters. The van der Waals surface area contributed by atoms with Gasteiger partial charge in [-0.2, -0.15) is 4.72 Å². The lowest BCUT2D eigenvalue weighted by atomic mass is 10.1. The molecule has 0 saturated heterocycles. The first-order valence-corrected chi connectivity index (χ1v) is 11.1. The molecule has 2 N–H and O–H groups in total. The van der Waals surface area contributed by atoms with Gasteiger partial charge in [0.25, 0.3) is 0 Å². The van der Waals surface area contributed by atoms with Crippen LogP contribution in [0.5, 0.6) is 0 Å². The van der Waals surface area contributed by atoms with Crippen molar-refractivity contribution in [2.45, 2.75) is 37.3 Å². The number of hydrogen-bond donors (Lipinski definition) is 2. The summed E-state index contributed by atoms with van der Waals surface area (Å²) in [6.07, 6.45) is -0.776. The molecular weight excluding hydrogens is 422 g/mol. The number of nitrogens with zero attached hydrogens (tertiary/aromatic N) is 1. The number of hydrogen-bond acceptors (Lipinski definition) is 7. The zero-order valence-electron chi connectivity index (χ0n) is 18.6. The van der Waals surface area contributed by atoms with Gasteiger partial charge in [0.1, 0.15) is 11.6 Å². The largest absolute Gasteiger partial charge is 0.468 e. The smallest absolute Gasteiger partial charge is 0.407 e. The zero-order valence-corrected chi connectivity index (χ0v) is 19.4. The van der Waals surface area contributed by atoms with Gasteiger partial charge in [0.05, 0.1) is 12.0 Å². The van der Waals surface area contributed by atoms with E-state index in [0.717, 1.165) is 18.2 Å². The number of esters is 1. The number of alkyl carbamates (subject to hydrolysis) is 1. The van der Waals surface area contributed by atoms with Gasteiger partial charge in [0.2, 0.25) is 10.0 Å². The molecule has 2 aromatic carbocycles. The van der Waals surface area contributed by atoms with Crippen LogP contribution in [0, 0.1) is 0 Å². The summed E-state index contributed by atoms with van der Waals surface area (Å²) in [5.74, 6) is -0.839. The quantitative estimate of drug-likeness (QED) is 0.621. The van der Waals surface area contributed by atoms with Crippen LogP contribution in [0.1, 0.15) is 20.8 Å². The maximum Gasteiger partial charge on any atom is 0.407 e. The average Bonchev–Trinajstić information content (AvgIpc) is 2.68. The Morgan fingerprint density at radius 1 is 1.06 bits per heavy atom. The summed E-state index contributed by atoms with van der Waals surface area (Å²) in [6, 6.07) is 8.92. The maximum atomic E-state index is 13.2. The standard InChI is InChI=1S/C21H29N3O6S/c1-21(2,3)30-20(26)22-13-16(19(25)29-6)23-31(27,28)18-12-8-9-14-15(18)10-7-11-17(14)24(4)5/h7-12,16,23H,13H2,1-6H3,(H,22,26). The summed E-state index contributed by atoms with van der Waals surface area (Å²) in [4.78, 5) is 26.0. The van der Waals surface area contributed by atoms with E-state index in [1.165, 1.54) is 6.07 Å². The number of nitrogens with one attached hydrogen (secondary N) is 2. The molecule has 170 valence electrons. The van der Waals surface area contributed by atoms with Crippen molar-refractivity contribution in [2.75, 3.05) is 32.6 Å². The fourth-order valence-corrected chi connectivity index (χ4v) is 4.36. The summed E-state index contributed by atoms with van der Waals surface area (Å²) in [5, 5.41) is 3.65. The molecule has 0 aliphatic rings. The van der Waals surface area contributed by atoms with Crippen molar-refractivity contribution in [3.05, 3.63) is 36.4 Å². The predicted octanol–water partition coefficient (Wildman–Crippen LogP) is 2.25. The second-order valence-corrected chi connectivity index (χ2v) is 9.79. The third-order valence-electron chi connectivity index (χ3n) is 4.26. The lowest BCUT2D eigenvalue weighted by Crippen LogP contribution is -2.49. The summed E-state index contributed by atoms with van der Waals surface area (Å²) < 4.78 is 38.5. The summed E-state index contributed by atoms with van der Waals surface area (Å²) in [6.45, 7) is 4.73. The maximum absolute atomic E-state index is 13.2. The number of anilines is 1. The van der Waals surface area contributed by atoms with E-state index in [2.05, 4.69) is 10.0 Å². The second kappa shape index (κ2) is 9.52. The van der Waals surface area contributed by atoms with Gasteiger partial charge in [0, 0.05) is 37.1 Å². The number of methoxy groups -OCH3 is 1. The van der Waals surface area contributed by atoms with E-state index < -0.39 is 33.7 Å². The topological polar surface area (TPSA) is 114 Å². The van der Waals surface area contributed by atoms with Gasteiger partial charge in [-0.1, -0.05) is 24.3 Å². The van der Waals surface area contributed by atoms with Crippen LogP contribution in [-0.4, -0.2) is 59.9 Å². The fourth-order valence-electron chi connectivity index (χ4n) is 2.95. The number of sulfonamides is 1.